The van der Waals surface area contributed by atoms with E-state index in [4.69, 9.17) is 4.42 Å². The summed E-state index contributed by atoms with van der Waals surface area (Å²) in [4.78, 5) is 4.95. The first-order chi connectivity index (χ1) is 26.2. The van der Waals surface area contributed by atoms with E-state index in [1.165, 1.54) is 81.7 Å². The van der Waals surface area contributed by atoms with Gasteiger partial charge in [0.1, 0.15) is 0 Å². The van der Waals surface area contributed by atoms with Crippen LogP contribution >= 0.6 is 11.3 Å². The van der Waals surface area contributed by atoms with E-state index in [1.807, 2.05) is 11.3 Å². The number of anilines is 6. The van der Waals surface area contributed by atoms with Gasteiger partial charge in [-0.1, -0.05) is 126 Å². The number of hydrogen-bond acceptors (Lipinski definition) is 4. The number of fused-ring (bicyclic) bond motifs is 8. The van der Waals surface area contributed by atoms with Crippen molar-refractivity contribution >= 4 is 89.1 Å². The van der Waals surface area contributed by atoms with Crippen LogP contribution < -0.4 is 26.2 Å². The third-order valence-electron chi connectivity index (χ3n) is 12.2. The van der Waals surface area contributed by atoms with Gasteiger partial charge in [0.05, 0.1) is 4.70 Å². The molecule has 0 bridgehead atoms. The van der Waals surface area contributed by atoms with Gasteiger partial charge in [0.15, 0.2) is 5.58 Å². The minimum atomic E-state index is -0.0182. The maximum atomic E-state index is 7.36. The van der Waals surface area contributed by atoms with Gasteiger partial charge in [-0.15, -0.1) is 11.3 Å². The third-order valence-corrected chi connectivity index (χ3v) is 13.3. The minimum absolute atomic E-state index is 0.0144. The zero-order valence-corrected chi connectivity index (χ0v) is 36.3. The van der Waals surface area contributed by atoms with E-state index in [2.05, 4.69) is 197 Å². The van der Waals surface area contributed by atoms with Crippen molar-refractivity contribution in [3.05, 3.63) is 125 Å². The van der Waals surface area contributed by atoms with E-state index < -0.39 is 0 Å². The van der Waals surface area contributed by atoms with E-state index in [1.54, 1.807) is 0 Å². The first-order valence-corrected chi connectivity index (χ1v) is 21.1. The molecule has 0 radical (unpaired) electrons. The van der Waals surface area contributed by atoms with Crippen LogP contribution in [0.2, 0.25) is 0 Å². The summed E-state index contributed by atoms with van der Waals surface area (Å²) in [5.41, 5.74) is 17.5. The maximum Gasteiger partial charge on any atom is 0.258 e. The Hall–Kier alpha value is -4.74. The molecule has 2 aromatic heterocycles. The predicted molar refractivity (Wildman–Crippen MR) is 245 cm³/mol. The molecule has 0 amide bonds. The molecule has 56 heavy (non-hydrogen) atoms. The number of benzene rings is 5. The SMILES string of the molecule is Cc1cc2c3c(c1)N(c1ccc(C(C)(C)C)cc1)c1oc4c(sc5ccc(C(C)(C)C)cc54)c1B3c1cc(C(C)(C)C)ccc1N2c1ccc(C(C)(C)C)cc1. The highest BCUT2D eigenvalue weighted by Gasteiger charge is 2.47. The Morgan fingerprint density at radius 3 is 1.54 bits per heavy atom. The van der Waals surface area contributed by atoms with Gasteiger partial charge in [-0.05, 0) is 122 Å². The summed E-state index contributed by atoms with van der Waals surface area (Å²) in [7, 11) is 0. The van der Waals surface area contributed by atoms with E-state index >= 15 is 0 Å². The summed E-state index contributed by atoms with van der Waals surface area (Å²) >= 11 is 1.88. The molecule has 0 saturated heterocycles. The lowest BCUT2D eigenvalue weighted by atomic mass is 9.33. The fourth-order valence-corrected chi connectivity index (χ4v) is 10.00. The molecule has 2 aliphatic heterocycles. The van der Waals surface area contributed by atoms with Crippen molar-refractivity contribution in [3.8, 4) is 0 Å². The van der Waals surface area contributed by atoms with Gasteiger partial charge in [0, 0.05) is 44.0 Å². The molecule has 0 N–H and O–H groups in total. The molecule has 7 aromatic rings. The number of aryl methyl sites for hydroxylation is 1. The van der Waals surface area contributed by atoms with Gasteiger partial charge in [-0.25, -0.2) is 0 Å². The standard InChI is InChI=1S/C51H55BN2OS/c1-30-26-40-43-41(27-30)54(36-22-16-32(17-23-36)49(5,6)7)47-44(46-45(55-47)37-28-33(50(8,9)10)19-25-42(37)56-46)52(43)38-29-34(51(11,12)13)18-24-39(38)53(40)35-20-14-31(15-21-35)48(2,3)4/h14-29H,1-13H3. The van der Waals surface area contributed by atoms with Crippen LogP contribution in [-0.2, 0) is 21.7 Å². The van der Waals surface area contributed by atoms with Crippen molar-refractivity contribution in [1.29, 1.82) is 0 Å². The lowest BCUT2D eigenvalue weighted by molar-refractivity contribution is 0.590. The van der Waals surface area contributed by atoms with Crippen LogP contribution in [0.5, 0.6) is 0 Å². The molecule has 5 aromatic carbocycles. The molecular weight excluding hydrogens is 699 g/mol. The Morgan fingerprint density at radius 2 is 0.982 bits per heavy atom. The van der Waals surface area contributed by atoms with Crippen LogP contribution in [0.25, 0.3) is 20.4 Å². The third kappa shape index (κ3) is 5.75. The monoisotopic (exact) mass is 754 g/mol. The van der Waals surface area contributed by atoms with Crippen LogP contribution in [-0.4, -0.2) is 6.71 Å². The van der Waals surface area contributed by atoms with Crippen LogP contribution in [0.1, 0.15) is 111 Å². The molecule has 2 aliphatic rings. The van der Waals surface area contributed by atoms with Crippen LogP contribution in [0.15, 0.2) is 101 Å². The molecule has 0 fully saturated rings. The van der Waals surface area contributed by atoms with Crippen molar-refractivity contribution in [2.75, 3.05) is 9.80 Å². The number of furan rings is 1. The summed E-state index contributed by atoms with van der Waals surface area (Å²) in [6, 6.07) is 37.5. The summed E-state index contributed by atoms with van der Waals surface area (Å²) < 4.78 is 9.87. The van der Waals surface area contributed by atoms with E-state index in [0.29, 0.717) is 0 Å². The molecule has 4 heterocycles. The van der Waals surface area contributed by atoms with Crippen LogP contribution in [0.3, 0.4) is 0 Å². The Kier molecular flexibility index (Phi) is 7.99. The van der Waals surface area contributed by atoms with Gasteiger partial charge in [0.2, 0.25) is 5.88 Å². The van der Waals surface area contributed by atoms with Crippen molar-refractivity contribution in [1.82, 2.24) is 0 Å². The average Bonchev–Trinajstić information content (AvgIpc) is 3.66. The summed E-state index contributed by atoms with van der Waals surface area (Å²) in [6.07, 6.45) is 0. The molecule has 5 heteroatoms. The minimum Gasteiger partial charge on any atom is -0.439 e. The molecule has 3 nitrogen and oxygen atoms in total. The lowest BCUT2D eigenvalue weighted by Gasteiger charge is -2.43. The topological polar surface area (TPSA) is 19.6 Å². The molecular formula is C51H55BN2OS. The zero-order chi connectivity index (χ0) is 39.9. The summed E-state index contributed by atoms with van der Waals surface area (Å²) in [5, 5.41) is 1.20. The molecule has 284 valence electrons. The Balaban J connectivity index is 1.39. The zero-order valence-electron chi connectivity index (χ0n) is 35.5. The quantitative estimate of drug-likeness (QED) is 0.164. The number of rotatable bonds is 2. The highest BCUT2D eigenvalue weighted by atomic mass is 32.1. The highest BCUT2D eigenvalue weighted by Crippen LogP contribution is 2.49. The average molecular weight is 755 g/mol. The fraction of sp³-hybridized carbons (Fsp3) is 0.333. The van der Waals surface area contributed by atoms with Crippen molar-refractivity contribution in [2.45, 2.75) is 112 Å². The molecule has 0 aliphatic carbocycles. The van der Waals surface area contributed by atoms with Gasteiger partial charge in [-0.3, -0.25) is 4.90 Å². The lowest BCUT2D eigenvalue weighted by Crippen LogP contribution is -2.61. The van der Waals surface area contributed by atoms with Crippen LogP contribution in [0.4, 0.5) is 34.3 Å². The Bertz CT molecular complexity index is 2690. The van der Waals surface area contributed by atoms with Crippen molar-refractivity contribution in [3.63, 3.8) is 0 Å². The number of hydrogen-bond donors (Lipinski definition) is 0. The summed E-state index contributed by atoms with van der Waals surface area (Å²) in [6.45, 7) is 29.8. The highest BCUT2D eigenvalue weighted by molar-refractivity contribution is 7.28. The second-order valence-electron chi connectivity index (χ2n) is 20.5. The van der Waals surface area contributed by atoms with Crippen molar-refractivity contribution < 1.29 is 4.42 Å². The maximum absolute atomic E-state index is 7.36. The van der Waals surface area contributed by atoms with Gasteiger partial charge in [0.25, 0.3) is 6.71 Å². The second kappa shape index (κ2) is 12.1. The fourth-order valence-electron chi connectivity index (χ4n) is 8.82. The number of nitrogens with zero attached hydrogens (tertiary/aromatic N) is 2. The van der Waals surface area contributed by atoms with Gasteiger partial charge >= 0.3 is 0 Å². The Labute approximate surface area is 338 Å². The number of thiophene rings is 1. The van der Waals surface area contributed by atoms with E-state index in [0.717, 1.165) is 17.2 Å². The van der Waals surface area contributed by atoms with Crippen LogP contribution in [0, 0.1) is 6.92 Å². The molecule has 0 saturated carbocycles. The normalized spacial score (nSPS) is 14.4. The van der Waals surface area contributed by atoms with E-state index in [-0.39, 0.29) is 28.4 Å². The smallest absolute Gasteiger partial charge is 0.258 e. The van der Waals surface area contributed by atoms with Gasteiger partial charge in [-0.2, -0.15) is 0 Å². The molecule has 0 atom stereocenters. The molecule has 0 spiro atoms. The van der Waals surface area contributed by atoms with Crippen molar-refractivity contribution in [2.24, 2.45) is 0 Å². The Morgan fingerprint density at radius 1 is 0.500 bits per heavy atom. The predicted octanol–water partition coefficient (Wildman–Crippen LogP) is 13.2. The first-order valence-electron chi connectivity index (χ1n) is 20.3. The largest absolute Gasteiger partial charge is 0.439 e. The molecule has 0 unspecified atom stereocenters. The van der Waals surface area contributed by atoms with Gasteiger partial charge < -0.3 is 9.32 Å². The van der Waals surface area contributed by atoms with E-state index in [9.17, 15) is 0 Å². The molecule has 9 rings (SSSR count). The second-order valence-corrected chi connectivity index (χ2v) is 21.5. The first kappa shape index (κ1) is 36.9. The summed E-state index contributed by atoms with van der Waals surface area (Å²) in [5.74, 6) is 0.932.